The summed E-state index contributed by atoms with van der Waals surface area (Å²) >= 11 is 0. The van der Waals surface area contributed by atoms with Crippen LogP contribution in [-0.2, 0) is 11.3 Å². The Morgan fingerprint density at radius 1 is 0.758 bits per heavy atom. The molecule has 166 valence electrons. The topological polar surface area (TPSA) is 44.4 Å². The minimum absolute atomic E-state index is 0.0577. The number of anilines is 3. The molecule has 1 fully saturated rings. The molecule has 0 atom stereocenters. The highest BCUT2D eigenvalue weighted by atomic mass is 16.1. The standard InChI is InChI=1S/C29H29N3O/c33-29(31-26-15-13-25(14-16-26)30-24-10-2-1-3-11-24)19-20-32(27-17-18-27)21-23-9-6-8-22-7-4-5-12-28(22)23/h1-16,27,30H,17-21H2,(H,31,33). The quantitative estimate of drug-likeness (QED) is 0.312. The molecular formula is C29H29N3O. The molecule has 33 heavy (non-hydrogen) atoms. The third-order valence-electron chi connectivity index (χ3n) is 6.17. The average Bonchev–Trinajstić information content (AvgIpc) is 3.69. The van der Waals surface area contributed by atoms with E-state index in [2.05, 4.69) is 58.0 Å². The maximum absolute atomic E-state index is 12.6. The molecule has 0 radical (unpaired) electrons. The fraction of sp³-hybridized carbons (Fsp3) is 0.207. The minimum Gasteiger partial charge on any atom is -0.356 e. The highest BCUT2D eigenvalue weighted by molar-refractivity contribution is 5.91. The second-order valence-electron chi connectivity index (χ2n) is 8.71. The van der Waals surface area contributed by atoms with Crippen molar-refractivity contribution >= 4 is 33.7 Å². The predicted octanol–water partition coefficient (Wildman–Crippen LogP) is 6.58. The molecule has 0 aliphatic heterocycles. The largest absolute Gasteiger partial charge is 0.356 e. The maximum Gasteiger partial charge on any atom is 0.225 e. The number of nitrogens with zero attached hydrogens (tertiary/aromatic N) is 1. The van der Waals surface area contributed by atoms with Crippen LogP contribution >= 0.6 is 0 Å². The van der Waals surface area contributed by atoms with Crippen molar-refractivity contribution in [2.45, 2.75) is 31.8 Å². The Labute approximate surface area is 195 Å². The summed E-state index contributed by atoms with van der Waals surface area (Å²) < 4.78 is 0. The summed E-state index contributed by atoms with van der Waals surface area (Å²) in [5.41, 5.74) is 4.20. The Bertz CT molecular complexity index is 1210. The third kappa shape index (κ3) is 5.60. The number of carbonyl (C=O) groups is 1. The molecule has 0 unspecified atom stereocenters. The molecule has 0 aromatic heterocycles. The monoisotopic (exact) mass is 435 g/mol. The normalized spacial score (nSPS) is 13.2. The van der Waals surface area contributed by atoms with Gasteiger partial charge in [-0.3, -0.25) is 9.69 Å². The van der Waals surface area contributed by atoms with E-state index < -0.39 is 0 Å². The van der Waals surface area contributed by atoms with Gasteiger partial charge in [0.05, 0.1) is 0 Å². The number of rotatable bonds is 9. The van der Waals surface area contributed by atoms with Gasteiger partial charge in [0.1, 0.15) is 0 Å². The van der Waals surface area contributed by atoms with Crippen molar-refractivity contribution in [2.75, 3.05) is 17.2 Å². The van der Waals surface area contributed by atoms with Gasteiger partial charge in [0.2, 0.25) is 5.91 Å². The SMILES string of the molecule is O=C(CCN(Cc1cccc2ccccc12)C1CC1)Nc1ccc(Nc2ccccc2)cc1. The number of para-hydroxylation sites is 1. The van der Waals surface area contributed by atoms with Gasteiger partial charge in [-0.15, -0.1) is 0 Å². The zero-order chi connectivity index (χ0) is 22.5. The van der Waals surface area contributed by atoms with E-state index in [0.29, 0.717) is 12.5 Å². The number of amides is 1. The summed E-state index contributed by atoms with van der Waals surface area (Å²) in [6.45, 7) is 1.66. The Morgan fingerprint density at radius 2 is 1.42 bits per heavy atom. The van der Waals surface area contributed by atoms with Crippen LogP contribution in [0.2, 0.25) is 0 Å². The van der Waals surface area contributed by atoms with Crippen LogP contribution in [0.4, 0.5) is 17.1 Å². The van der Waals surface area contributed by atoms with Gasteiger partial charge in [0, 0.05) is 42.6 Å². The van der Waals surface area contributed by atoms with Crippen LogP contribution in [0.1, 0.15) is 24.8 Å². The molecule has 1 aliphatic carbocycles. The zero-order valence-electron chi connectivity index (χ0n) is 18.7. The van der Waals surface area contributed by atoms with E-state index in [1.807, 2.05) is 54.6 Å². The molecule has 5 rings (SSSR count). The van der Waals surface area contributed by atoms with Crippen LogP contribution < -0.4 is 10.6 Å². The van der Waals surface area contributed by atoms with Gasteiger partial charge in [0.25, 0.3) is 0 Å². The molecule has 1 amide bonds. The molecule has 4 aromatic rings. The van der Waals surface area contributed by atoms with Gasteiger partial charge in [-0.05, 0) is 65.6 Å². The van der Waals surface area contributed by atoms with Gasteiger partial charge < -0.3 is 10.6 Å². The second-order valence-corrected chi connectivity index (χ2v) is 8.71. The predicted molar refractivity (Wildman–Crippen MR) is 137 cm³/mol. The van der Waals surface area contributed by atoms with Gasteiger partial charge in [-0.1, -0.05) is 60.7 Å². The lowest BCUT2D eigenvalue weighted by Gasteiger charge is -2.22. The molecule has 4 aromatic carbocycles. The van der Waals surface area contributed by atoms with E-state index in [4.69, 9.17) is 0 Å². The molecule has 0 saturated heterocycles. The smallest absolute Gasteiger partial charge is 0.225 e. The van der Waals surface area contributed by atoms with Crippen LogP contribution in [0.25, 0.3) is 10.8 Å². The van der Waals surface area contributed by atoms with Crippen molar-refractivity contribution in [3.63, 3.8) is 0 Å². The molecule has 0 heterocycles. The fourth-order valence-electron chi connectivity index (χ4n) is 4.27. The van der Waals surface area contributed by atoms with E-state index in [0.717, 1.165) is 30.2 Å². The zero-order valence-corrected chi connectivity index (χ0v) is 18.7. The molecule has 1 saturated carbocycles. The number of hydrogen-bond acceptors (Lipinski definition) is 3. The Kier molecular flexibility index (Phi) is 6.36. The van der Waals surface area contributed by atoms with E-state index >= 15 is 0 Å². The summed E-state index contributed by atoms with van der Waals surface area (Å²) in [6, 6.07) is 33.5. The van der Waals surface area contributed by atoms with E-state index in [-0.39, 0.29) is 5.91 Å². The van der Waals surface area contributed by atoms with Gasteiger partial charge in [-0.2, -0.15) is 0 Å². The highest BCUT2D eigenvalue weighted by Gasteiger charge is 2.29. The first-order chi connectivity index (χ1) is 16.2. The Hall–Kier alpha value is -3.63. The minimum atomic E-state index is 0.0577. The molecule has 4 nitrogen and oxygen atoms in total. The first-order valence-corrected chi connectivity index (χ1v) is 11.7. The Morgan fingerprint density at radius 3 is 2.21 bits per heavy atom. The van der Waals surface area contributed by atoms with Crippen LogP contribution in [-0.4, -0.2) is 23.4 Å². The van der Waals surface area contributed by atoms with Crippen molar-refractivity contribution in [1.29, 1.82) is 0 Å². The van der Waals surface area contributed by atoms with Crippen molar-refractivity contribution < 1.29 is 4.79 Å². The average molecular weight is 436 g/mol. The third-order valence-corrected chi connectivity index (χ3v) is 6.17. The van der Waals surface area contributed by atoms with E-state index in [1.165, 1.54) is 29.2 Å². The molecule has 4 heteroatoms. The summed E-state index contributed by atoms with van der Waals surface area (Å²) in [6.07, 6.45) is 2.94. The van der Waals surface area contributed by atoms with E-state index in [1.54, 1.807) is 0 Å². The van der Waals surface area contributed by atoms with Gasteiger partial charge >= 0.3 is 0 Å². The molecule has 0 spiro atoms. The molecular weight excluding hydrogens is 406 g/mol. The number of hydrogen-bond donors (Lipinski definition) is 2. The summed E-state index contributed by atoms with van der Waals surface area (Å²) in [4.78, 5) is 15.1. The lowest BCUT2D eigenvalue weighted by Crippen LogP contribution is -2.29. The van der Waals surface area contributed by atoms with Crippen molar-refractivity contribution in [3.8, 4) is 0 Å². The lowest BCUT2D eigenvalue weighted by molar-refractivity contribution is -0.116. The lowest BCUT2D eigenvalue weighted by atomic mass is 10.0. The Balaban J connectivity index is 1.16. The molecule has 2 N–H and O–H groups in total. The number of carbonyl (C=O) groups excluding carboxylic acids is 1. The molecule has 1 aliphatic rings. The summed E-state index contributed by atoms with van der Waals surface area (Å²) in [7, 11) is 0. The summed E-state index contributed by atoms with van der Waals surface area (Å²) in [5, 5.41) is 8.98. The highest BCUT2D eigenvalue weighted by Crippen LogP contribution is 2.30. The number of benzene rings is 4. The second kappa shape index (κ2) is 9.88. The van der Waals surface area contributed by atoms with Gasteiger partial charge in [-0.25, -0.2) is 0 Å². The van der Waals surface area contributed by atoms with E-state index in [9.17, 15) is 4.79 Å². The van der Waals surface area contributed by atoms with Crippen LogP contribution in [0.15, 0.2) is 97.1 Å². The number of fused-ring (bicyclic) bond motifs is 1. The first-order valence-electron chi connectivity index (χ1n) is 11.7. The maximum atomic E-state index is 12.6. The van der Waals surface area contributed by atoms with Gasteiger partial charge in [0.15, 0.2) is 0 Å². The number of nitrogens with one attached hydrogen (secondary N) is 2. The van der Waals surface area contributed by atoms with Crippen LogP contribution in [0.3, 0.4) is 0 Å². The molecule has 0 bridgehead atoms. The fourth-order valence-corrected chi connectivity index (χ4v) is 4.27. The van der Waals surface area contributed by atoms with Crippen molar-refractivity contribution in [1.82, 2.24) is 4.90 Å². The van der Waals surface area contributed by atoms with Crippen molar-refractivity contribution in [3.05, 3.63) is 103 Å². The van der Waals surface area contributed by atoms with Crippen molar-refractivity contribution in [2.24, 2.45) is 0 Å². The van der Waals surface area contributed by atoms with Crippen LogP contribution in [0.5, 0.6) is 0 Å². The summed E-state index contributed by atoms with van der Waals surface area (Å²) in [5.74, 6) is 0.0577. The van der Waals surface area contributed by atoms with Crippen LogP contribution in [0, 0.1) is 0 Å². The first kappa shape index (κ1) is 21.2.